The Morgan fingerprint density at radius 2 is 1.78 bits per heavy atom. The Labute approximate surface area is 154 Å². The minimum atomic E-state index is -1.46. The molecule has 1 heterocycles. The standard InChI is InChI=1S/C21H17F2NO3/c1-3-24-12(2)17(13-7-5-4-6-8-13)20(25)18(21(26)27)19(24)15-10-9-14(22)11-16(15)23/h4-11H,3H2,1-2H3,(H,26,27). The van der Waals surface area contributed by atoms with Crippen LogP contribution in [0.5, 0.6) is 0 Å². The quantitative estimate of drug-likeness (QED) is 0.737. The van der Waals surface area contributed by atoms with Crippen molar-refractivity contribution in [3.63, 3.8) is 0 Å². The highest BCUT2D eigenvalue weighted by molar-refractivity contribution is 5.96. The predicted molar refractivity (Wildman–Crippen MR) is 98.9 cm³/mol. The number of carboxylic acids is 1. The third-order valence-electron chi connectivity index (χ3n) is 4.51. The van der Waals surface area contributed by atoms with Crippen molar-refractivity contribution in [1.82, 2.24) is 4.57 Å². The van der Waals surface area contributed by atoms with E-state index < -0.39 is 28.6 Å². The molecule has 4 nitrogen and oxygen atoms in total. The van der Waals surface area contributed by atoms with E-state index in [1.807, 2.05) is 0 Å². The third kappa shape index (κ3) is 3.14. The van der Waals surface area contributed by atoms with Crippen LogP contribution in [-0.2, 0) is 6.54 Å². The maximum atomic E-state index is 14.4. The van der Waals surface area contributed by atoms with Crippen LogP contribution in [0.3, 0.4) is 0 Å². The van der Waals surface area contributed by atoms with Gasteiger partial charge in [0.05, 0.1) is 5.69 Å². The topological polar surface area (TPSA) is 59.3 Å². The molecule has 1 N–H and O–H groups in total. The van der Waals surface area contributed by atoms with Crippen molar-refractivity contribution >= 4 is 5.97 Å². The average molecular weight is 369 g/mol. The zero-order valence-electron chi connectivity index (χ0n) is 14.8. The van der Waals surface area contributed by atoms with E-state index in [4.69, 9.17) is 0 Å². The van der Waals surface area contributed by atoms with E-state index in [2.05, 4.69) is 0 Å². The first-order valence-electron chi connectivity index (χ1n) is 8.38. The summed E-state index contributed by atoms with van der Waals surface area (Å²) in [5, 5.41) is 9.73. The lowest BCUT2D eigenvalue weighted by Gasteiger charge is -2.21. The smallest absolute Gasteiger partial charge is 0.341 e. The maximum Gasteiger partial charge on any atom is 0.341 e. The molecule has 3 rings (SSSR count). The Hall–Kier alpha value is -3.28. The number of hydrogen-bond acceptors (Lipinski definition) is 2. The number of rotatable bonds is 4. The van der Waals surface area contributed by atoms with Crippen LogP contribution in [0.25, 0.3) is 22.4 Å². The second-order valence-electron chi connectivity index (χ2n) is 6.05. The molecule has 0 amide bonds. The number of carboxylic acid groups (broad SMARTS) is 1. The van der Waals surface area contributed by atoms with Gasteiger partial charge < -0.3 is 9.67 Å². The van der Waals surface area contributed by atoms with E-state index >= 15 is 0 Å². The number of aromatic nitrogens is 1. The van der Waals surface area contributed by atoms with Crippen molar-refractivity contribution in [1.29, 1.82) is 0 Å². The molecular weight excluding hydrogens is 352 g/mol. The van der Waals surface area contributed by atoms with Crippen LogP contribution in [0.1, 0.15) is 23.0 Å². The first-order chi connectivity index (χ1) is 12.9. The van der Waals surface area contributed by atoms with Gasteiger partial charge in [0, 0.05) is 29.4 Å². The van der Waals surface area contributed by atoms with Crippen molar-refractivity contribution < 1.29 is 18.7 Å². The summed E-state index contributed by atoms with van der Waals surface area (Å²) in [6.45, 7) is 3.75. The number of carbonyl (C=O) groups is 1. The predicted octanol–water partition coefficient (Wildman–Crippen LogP) is 4.49. The molecule has 0 aliphatic rings. The highest BCUT2D eigenvalue weighted by atomic mass is 19.1. The fourth-order valence-corrected chi connectivity index (χ4v) is 3.33. The van der Waals surface area contributed by atoms with Gasteiger partial charge in [-0.15, -0.1) is 0 Å². The molecule has 0 aliphatic carbocycles. The molecule has 0 bridgehead atoms. The Bertz CT molecular complexity index is 1090. The Morgan fingerprint density at radius 1 is 1.11 bits per heavy atom. The van der Waals surface area contributed by atoms with Crippen molar-refractivity contribution in [3.05, 3.63) is 81.6 Å². The van der Waals surface area contributed by atoms with Crippen molar-refractivity contribution in [2.45, 2.75) is 20.4 Å². The number of aromatic carboxylic acids is 1. The second kappa shape index (κ2) is 7.15. The summed E-state index contributed by atoms with van der Waals surface area (Å²) in [5.41, 5.74) is -0.0871. The second-order valence-corrected chi connectivity index (χ2v) is 6.05. The van der Waals surface area contributed by atoms with Crippen LogP contribution in [0.2, 0.25) is 0 Å². The molecule has 0 spiro atoms. The first kappa shape index (κ1) is 18.5. The molecule has 0 radical (unpaired) electrons. The van der Waals surface area contributed by atoms with Crippen molar-refractivity contribution in [2.24, 2.45) is 0 Å². The van der Waals surface area contributed by atoms with E-state index in [-0.39, 0.29) is 16.8 Å². The van der Waals surface area contributed by atoms with E-state index in [0.29, 0.717) is 23.9 Å². The lowest BCUT2D eigenvalue weighted by molar-refractivity contribution is 0.0695. The van der Waals surface area contributed by atoms with Crippen molar-refractivity contribution in [2.75, 3.05) is 0 Å². The minimum absolute atomic E-state index is 0.0651. The van der Waals surface area contributed by atoms with Crippen LogP contribution in [0.4, 0.5) is 8.78 Å². The fourth-order valence-electron chi connectivity index (χ4n) is 3.33. The molecule has 0 atom stereocenters. The number of benzene rings is 2. The van der Waals surface area contributed by atoms with Gasteiger partial charge in [0.15, 0.2) is 0 Å². The van der Waals surface area contributed by atoms with Gasteiger partial charge >= 0.3 is 5.97 Å². The van der Waals surface area contributed by atoms with Crippen LogP contribution in [0, 0.1) is 18.6 Å². The Kier molecular flexibility index (Phi) is 4.90. The third-order valence-corrected chi connectivity index (χ3v) is 4.51. The number of halogens is 2. The molecule has 0 aliphatic heterocycles. The van der Waals surface area contributed by atoms with Gasteiger partial charge in [0.25, 0.3) is 0 Å². The van der Waals surface area contributed by atoms with Crippen LogP contribution < -0.4 is 5.43 Å². The van der Waals surface area contributed by atoms with Gasteiger partial charge in [-0.05, 0) is 31.5 Å². The molecule has 0 unspecified atom stereocenters. The zero-order valence-corrected chi connectivity index (χ0v) is 14.8. The minimum Gasteiger partial charge on any atom is -0.477 e. The Balaban J connectivity index is 2.49. The van der Waals surface area contributed by atoms with Gasteiger partial charge in [-0.3, -0.25) is 4.79 Å². The van der Waals surface area contributed by atoms with Crippen LogP contribution in [-0.4, -0.2) is 15.6 Å². The lowest BCUT2D eigenvalue weighted by Crippen LogP contribution is -2.25. The molecule has 1 aromatic heterocycles. The van der Waals surface area contributed by atoms with Crippen LogP contribution in [0.15, 0.2) is 53.3 Å². The highest BCUT2D eigenvalue weighted by Crippen LogP contribution is 2.31. The largest absolute Gasteiger partial charge is 0.477 e. The number of hydrogen-bond donors (Lipinski definition) is 1. The summed E-state index contributed by atoms with van der Waals surface area (Å²) in [6, 6.07) is 11.6. The fraction of sp³-hybridized carbons (Fsp3) is 0.143. The SMILES string of the molecule is CCn1c(C)c(-c2ccccc2)c(=O)c(C(=O)O)c1-c1ccc(F)cc1F. The van der Waals surface area contributed by atoms with Gasteiger partial charge in [-0.2, -0.15) is 0 Å². The van der Waals surface area contributed by atoms with Gasteiger partial charge in [0.1, 0.15) is 17.2 Å². The summed E-state index contributed by atoms with van der Waals surface area (Å²) >= 11 is 0. The first-order valence-corrected chi connectivity index (χ1v) is 8.38. The van der Waals surface area contributed by atoms with E-state index in [9.17, 15) is 23.5 Å². The van der Waals surface area contributed by atoms with E-state index in [0.717, 1.165) is 12.1 Å². The molecule has 138 valence electrons. The van der Waals surface area contributed by atoms with Crippen LogP contribution >= 0.6 is 0 Å². The van der Waals surface area contributed by atoms with Gasteiger partial charge in [-0.1, -0.05) is 30.3 Å². The molecule has 0 saturated heterocycles. The number of pyridine rings is 1. The molecule has 0 fully saturated rings. The summed E-state index contributed by atoms with van der Waals surface area (Å²) in [5.74, 6) is -3.17. The number of nitrogens with zero attached hydrogens (tertiary/aromatic N) is 1. The Morgan fingerprint density at radius 3 is 2.33 bits per heavy atom. The molecule has 6 heteroatoms. The van der Waals surface area contributed by atoms with Gasteiger partial charge in [0.2, 0.25) is 5.43 Å². The summed E-state index contributed by atoms with van der Waals surface area (Å²) in [6.07, 6.45) is 0. The average Bonchev–Trinajstić information content (AvgIpc) is 2.62. The van der Waals surface area contributed by atoms with Gasteiger partial charge in [-0.25, -0.2) is 13.6 Å². The monoisotopic (exact) mass is 369 g/mol. The zero-order chi connectivity index (χ0) is 19.7. The van der Waals surface area contributed by atoms with E-state index in [1.54, 1.807) is 48.7 Å². The summed E-state index contributed by atoms with van der Waals surface area (Å²) < 4.78 is 29.3. The normalized spacial score (nSPS) is 10.8. The molecule has 2 aromatic carbocycles. The maximum absolute atomic E-state index is 14.4. The lowest BCUT2D eigenvalue weighted by atomic mass is 9.96. The summed E-state index contributed by atoms with van der Waals surface area (Å²) in [7, 11) is 0. The molecule has 27 heavy (non-hydrogen) atoms. The molecule has 3 aromatic rings. The van der Waals surface area contributed by atoms with Crippen molar-refractivity contribution in [3.8, 4) is 22.4 Å². The highest BCUT2D eigenvalue weighted by Gasteiger charge is 2.26. The van der Waals surface area contributed by atoms with E-state index in [1.165, 1.54) is 0 Å². The summed E-state index contributed by atoms with van der Waals surface area (Å²) in [4.78, 5) is 25.0. The molecular formula is C21H17F2NO3. The molecule has 0 saturated carbocycles.